The summed E-state index contributed by atoms with van der Waals surface area (Å²) in [5, 5.41) is 1.65. The van der Waals surface area contributed by atoms with Crippen molar-refractivity contribution >= 4 is 28.4 Å². The van der Waals surface area contributed by atoms with Crippen LogP contribution in [-0.4, -0.2) is 66.1 Å². The lowest BCUT2D eigenvalue weighted by molar-refractivity contribution is 0.0296. The lowest BCUT2D eigenvalue weighted by Crippen LogP contribution is -2.42. The van der Waals surface area contributed by atoms with Gasteiger partial charge in [-0.15, -0.1) is 0 Å². The predicted octanol–water partition coefficient (Wildman–Crippen LogP) is 3.15. The van der Waals surface area contributed by atoms with Crippen LogP contribution in [-0.2, 0) is 4.74 Å². The Morgan fingerprint density at radius 2 is 2.04 bits per heavy atom. The van der Waals surface area contributed by atoms with Gasteiger partial charge >= 0.3 is 0 Å². The van der Waals surface area contributed by atoms with Crippen molar-refractivity contribution in [1.82, 2.24) is 14.8 Å². The van der Waals surface area contributed by atoms with E-state index in [-0.39, 0.29) is 12.0 Å². The monoisotopic (exact) mass is 361 g/mol. The lowest BCUT2D eigenvalue weighted by Gasteiger charge is -2.26. The van der Waals surface area contributed by atoms with Crippen LogP contribution in [0.4, 0.5) is 0 Å². The second-order valence-electron chi connectivity index (χ2n) is 7.02. The van der Waals surface area contributed by atoms with E-state index in [0.717, 1.165) is 50.1 Å². The van der Waals surface area contributed by atoms with Gasteiger partial charge in [0, 0.05) is 42.2 Å². The van der Waals surface area contributed by atoms with E-state index in [1.165, 1.54) is 12.8 Å². The molecule has 2 aromatic rings. The number of benzene rings is 1. The lowest BCUT2D eigenvalue weighted by atomic mass is 10.2. The molecule has 1 N–H and O–H groups in total. The molecule has 0 aliphatic carbocycles. The van der Waals surface area contributed by atoms with Gasteiger partial charge in [0.05, 0.1) is 6.10 Å². The highest BCUT2D eigenvalue weighted by atomic mass is 35.5. The van der Waals surface area contributed by atoms with Crippen LogP contribution in [0, 0.1) is 0 Å². The zero-order chi connectivity index (χ0) is 17.2. The van der Waals surface area contributed by atoms with Gasteiger partial charge in [-0.1, -0.05) is 11.6 Å². The molecule has 6 heteroatoms. The Bertz CT molecular complexity index is 754. The standard InChI is InChI=1S/C19H24ClN3O2/c20-15-4-5-17-14(10-15)11-18(21-17)19(24)23-8-3-9-25-16(13-23)12-22-6-1-2-7-22/h4-5,10-11,16,21H,1-3,6-9,12-13H2/t16-/m0/s1. The average Bonchev–Trinajstić information content (AvgIpc) is 3.19. The number of halogens is 1. The van der Waals surface area contributed by atoms with Gasteiger partial charge in [0.1, 0.15) is 5.69 Å². The molecular weight excluding hydrogens is 338 g/mol. The van der Waals surface area contributed by atoms with Crippen molar-refractivity contribution < 1.29 is 9.53 Å². The molecule has 0 bridgehead atoms. The Morgan fingerprint density at radius 1 is 1.20 bits per heavy atom. The number of carbonyl (C=O) groups excluding carboxylic acids is 1. The third-order valence-electron chi connectivity index (χ3n) is 5.11. The molecule has 3 heterocycles. The fraction of sp³-hybridized carbons (Fsp3) is 0.526. The van der Waals surface area contributed by atoms with Crippen molar-refractivity contribution in [3.8, 4) is 0 Å². The van der Waals surface area contributed by atoms with Crippen molar-refractivity contribution in [2.45, 2.75) is 25.4 Å². The molecule has 4 rings (SSSR count). The summed E-state index contributed by atoms with van der Waals surface area (Å²) in [5.41, 5.74) is 1.56. The summed E-state index contributed by atoms with van der Waals surface area (Å²) in [6.07, 6.45) is 3.53. The third-order valence-corrected chi connectivity index (χ3v) is 5.35. The van der Waals surface area contributed by atoms with E-state index in [1.807, 2.05) is 29.2 Å². The molecule has 2 aliphatic heterocycles. The number of fused-ring (bicyclic) bond motifs is 1. The van der Waals surface area contributed by atoms with Crippen molar-refractivity contribution in [1.29, 1.82) is 0 Å². The number of hydrogen-bond donors (Lipinski definition) is 1. The molecule has 0 radical (unpaired) electrons. The molecule has 2 aliphatic rings. The number of H-pyrrole nitrogens is 1. The van der Waals surface area contributed by atoms with E-state index in [0.29, 0.717) is 17.3 Å². The van der Waals surface area contributed by atoms with Crippen LogP contribution in [0.25, 0.3) is 10.9 Å². The number of nitrogens with zero attached hydrogens (tertiary/aromatic N) is 2. The molecule has 1 aromatic heterocycles. The summed E-state index contributed by atoms with van der Waals surface area (Å²) in [5.74, 6) is 0.0456. The molecule has 25 heavy (non-hydrogen) atoms. The highest BCUT2D eigenvalue weighted by Crippen LogP contribution is 2.21. The number of nitrogens with one attached hydrogen (secondary N) is 1. The maximum absolute atomic E-state index is 13.0. The van der Waals surface area contributed by atoms with Gasteiger partial charge in [0.25, 0.3) is 5.91 Å². The summed E-state index contributed by atoms with van der Waals surface area (Å²) in [6.45, 7) is 5.35. The molecule has 5 nitrogen and oxygen atoms in total. The maximum atomic E-state index is 13.0. The molecule has 2 fully saturated rings. The number of amides is 1. The van der Waals surface area contributed by atoms with E-state index in [4.69, 9.17) is 16.3 Å². The highest BCUT2D eigenvalue weighted by Gasteiger charge is 2.26. The van der Waals surface area contributed by atoms with Crippen LogP contribution in [0.15, 0.2) is 24.3 Å². The Morgan fingerprint density at radius 3 is 2.88 bits per heavy atom. The number of aromatic amines is 1. The molecular formula is C19H24ClN3O2. The number of hydrogen-bond acceptors (Lipinski definition) is 3. The molecule has 0 saturated carbocycles. The maximum Gasteiger partial charge on any atom is 0.270 e. The summed E-state index contributed by atoms with van der Waals surface area (Å²) >= 11 is 6.05. The molecule has 1 atom stereocenters. The number of likely N-dealkylation sites (tertiary alicyclic amines) is 1. The third kappa shape index (κ3) is 3.84. The minimum atomic E-state index is 0.0456. The molecule has 0 spiro atoms. The largest absolute Gasteiger partial charge is 0.375 e. The Labute approximate surface area is 152 Å². The molecule has 1 amide bonds. The number of aromatic nitrogens is 1. The van der Waals surface area contributed by atoms with Gasteiger partial charge in [-0.05, 0) is 56.6 Å². The van der Waals surface area contributed by atoms with Crippen molar-refractivity contribution in [3.05, 3.63) is 35.0 Å². The van der Waals surface area contributed by atoms with Crippen LogP contribution in [0.5, 0.6) is 0 Å². The van der Waals surface area contributed by atoms with E-state index >= 15 is 0 Å². The Hall–Kier alpha value is -1.56. The number of ether oxygens (including phenoxy) is 1. The van der Waals surface area contributed by atoms with Crippen molar-refractivity contribution in [3.63, 3.8) is 0 Å². The minimum Gasteiger partial charge on any atom is -0.375 e. The minimum absolute atomic E-state index is 0.0456. The molecule has 134 valence electrons. The first-order valence-electron chi connectivity index (χ1n) is 9.10. The first kappa shape index (κ1) is 16.9. The smallest absolute Gasteiger partial charge is 0.270 e. The summed E-state index contributed by atoms with van der Waals surface area (Å²) in [6, 6.07) is 7.52. The Kier molecular flexibility index (Phi) is 4.97. The molecule has 0 unspecified atom stereocenters. The van der Waals surface area contributed by atoms with Gasteiger partial charge in [-0.2, -0.15) is 0 Å². The molecule has 2 saturated heterocycles. The van der Waals surface area contributed by atoms with Crippen LogP contribution in [0.3, 0.4) is 0 Å². The van der Waals surface area contributed by atoms with Crippen LogP contribution >= 0.6 is 11.6 Å². The first-order chi connectivity index (χ1) is 12.2. The first-order valence-corrected chi connectivity index (χ1v) is 9.48. The normalized spacial score (nSPS) is 22.4. The van der Waals surface area contributed by atoms with E-state index in [9.17, 15) is 4.79 Å². The van der Waals surface area contributed by atoms with Crippen LogP contribution in [0.1, 0.15) is 29.8 Å². The van der Waals surface area contributed by atoms with E-state index in [2.05, 4.69) is 9.88 Å². The molecule has 1 aromatic carbocycles. The van der Waals surface area contributed by atoms with Gasteiger partial charge in [-0.3, -0.25) is 4.79 Å². The van der Waals surface area contributed by atoms with Gasteiger partial charge in [0.2, 0.25) is 0 Å². The zero-order valence-corrected chi connectivity index (χ0v) is 15.1. The van der Waals surface area contributed by atoms with Gasteiger partial charge < -0.3 is 19.5 Å². The zero-order valence-electron chi connectivity index (χ0n) is 14.3. The van der Waals surface area contributed by atoms with Crippen LogP contribution < -0.4 is 0 Å². The number of carbonyl (C=O) groups is 1. The van der Waals surface area contributed by atoms with Crippen molar-refractivity contribution in [2.24, 2.45) is 0 Å². The second kappa shape index (κ2) is 7.36. The summed E-state index contributed by atoms with van der Waals surface area (Å²) in [4.78, 5) is 20.6. The van der Waals surface area contributed by atoms with E-state index in [1.54, 1.807) is 0 Å². The van der Waals surface area contributed by atoms with Crippen molar-refractivity contribution in [2.75, 3.05) is 39.3 Å². The SMILES string of the molecule is O=C(c1cc2cc(Cl)ccc2[nH]1)N1CCCO[C@@H](CN2CCCC2)C1. The van der Waals surface area contributed by atoms with E-state index < -0.39 is 0 Å². The highest BCUT2D eigenvalue weighted by molar-refractivity contribution is 6.31. The number of rotatable bonds is 3. The van der Waals surface area contributed by atoms with Gasteiger partial charge in [-0.25, -0.2) is 0 Å². The summed E-state index contributed by atoms with van der Waals surface area (Å²) < 4.78 is 5.99. The topological polar surface area (TPSA) is 48.6 Å². The average molecular weight is 362 g/mol. The fourth-order valence-electron chi connectivity index (χ4n) is 3.83. The summed E-state index contributed by atoms with van der Waals surface area (Å²) in [7, 11) is 0. The van der Waals surface area contributed by atoms with Crippen LogP contribution in [0.2, 0.25) is 5.02 Å². The fourth-order valence-corrected chi connectivity index (χ4v) is 4.01. The Balaban J connectivity index is 1.48. The predicted molar refractivity (Wildman–Crippen MR) is 99.2 cm³/mol. The quantitative estimate of drug-likeness (QED) is 0.913. The second-order valence-corrected chi connectivity index (χ2v) is 7.46. The van der Waals surface area contributed by atoms with Gasteiger partial charge in [0.15, 0.2) is 0 Å².